The van der Waals surface area contributed by atoms with Gasteiger partial charge in [0.25, 0.3) is 0 Å². The third-order valence-corrected chi connectivity index (χ3v) is 3.24. The fourth-order valence-corrected chi connectivity index (χ4v) is 2.19. The van der Waals surface area contributed by atoms with Crippen molar-refractivity contribution in [3.8, 4) is 0 Å². The van der Waals surface area contributed by atoms with Crippen molar-refractivity contribution in [2.24, 2.45) is 5.92 Å². The summed E-state index contributed by atoms with van der Waals surface area (Å²) >= 11 is 0. The maximum absolute atomic E-state index is 13.1. The highest BCUT2D eigenvalue weighted by molar-refractivity contribution is 5.83. The van der Waals surface area contributed by atoms with Gasteiger partial charge >= 0.3 is 0 Å². The molecule has 1 aliphatic carbocycles. The molecule has 2 aromatic rings. The molecule has 1 aromatic heterocycles. The summed E-state index contributed by atoms with van der Waals surface area (Å²) in [5, 5.41) is 0.968. The van der Waals surface area contributed by atoms with Gasteiger partial charge in [-0.05, 0) is 49.1 Å². The molecule has 0 aliphatic heterocycles. The van der Waals surface area contributed by atoms with Gasteiger partial charge in [0, 0.05) is 23.1 Å². The largest absolute Gasteiger partial charge is 0.341 e. The Morgan fingerprint density at radius 3 is 2.88 bits per heavy atom. The second-order valence-corrected chi connectivity index (χ2v) is 4.53. The highest BCUT2D eigenvalue weighted by Gasteiger charge is 2.23. The van der Waals surface area contributed by atoms with Crippen LogP contribution in [0.15, 0.2) is 30.8 Å². The first-order chi connectivity index (χ1) is 7.78. The molecule has 0 N–H and O–H groups in total. The number of halogens is 1. The molecule has 0 unspecified atom stereocenters. The maximum atomic E-state index is 13.1. The Hall–Kier alpha value is -1.57. The minimum atomic E-state index is -0.174. The molecule has 1 aromatic carbocycles. The molecular weight excluding hydrogens is 201 g/mol. The van der Waals surface area contributed by atoms with Gasteiger partial charge < -0.3 is 4.57 Å². The van der Waals surface area contributed by atoms with E-state index in [2.05, 4.69) is 11.1 Å². The molecule has 2 heteroatoms. The topological polar surface area (TPSA) is 4.93 Å². The van der Waals surface area contributed by atoms with Crippen molar-refractivity contribution in [2.75, 3.05) is 0 Å². The molecule has 1 fully saturated rings. The molecule has 0 atom stereocenters. The Balaban J connectivity index is 2.17. The minimum absolute atomic E-state index is 0.174. The van der Waals surface area contributed by atoms with E-state index in [1.54, 1.807) is 6.07 Å². The summed E-state index contributed by atoms with van der Waals surface area (Å²) in [6.45, 7) is 4.86. The molecular formula is C14H14FN. The molecule has 1 nitrogen and oxygen atoms in total. The van der Waals surface area contributed by atoms with Crippen LogP contribution in [0.4, 0.5) is 4.39 Å². The van der Waals surface area contributed by atoms with Gasteiger partial charge in [0.2, 0.25) is 0 Å². The monoisotopic (exact) mass is 215 g/mol. The van der Waals surface area contributed by atoms with E-state index in [9.17, 15) is 4.39 Å². The molecule has 0 bridgehead atoms. The lowest BCUT2D eigenvalue weighted by molar-refractivity contribution is 0.627. The van der Waals surface area contributed by atoms with E-state index < -0.39 is 0 Å². The lowest BCUT2D eigenvalue weighted by atomic mass is 10.2. The number of aromatic nitrogens is 1. The first kappa shape index (κ1) is 9.64. The van der Waals surface area contributed by atoms with E-state index >= 15 is 0 Å². The third-order valence-electron chi connectivity index (χ3n) is 3.24. The van der Waals surface area contributed by atoms with Gasteiger partial charge in [0.1, 0.15) is 5.82 Å². The Labute approximate surface area is 94.2 Å². The van der Waals surface area contributed by atoms with E-state index in [0.29, 0.717) is 0 Å². The maximum Gasteiger partial charge on any atom is 0.123 e. The summed E-state index contributed by atoms with van der Waals surface area (Å²) in [4.78, 5) is 0. The van der Waals surface area contributed by atoms with Gasteiger partial charge in [-0.3, -0.25) is 0 Å². The first-order valence-electron chi connectivity index (χ1n) is 5.69. The number of nitrogens with zero attached hydrogens (tertiary/aromatic N) is 1. The van der Waals surface area contributed by atoms with Crippen LogP contribution in [0, 0.1) is 11.7 Å². The van der Waals surface area contributed by atoms with Gasteiger partial charge in [-0.15, -0.1) is 0 Å². The van der Waals surface area contributed by atoms with Crippen LogP contribution >= 0.6 is 0 Å². The van der Waals surface area contributed by atoms with Crippen molar-refractivity contribution in [1.82, 2.24) is 4.57 Å². The van der Waals surface area contributed by atoms with Crippen molar-refractivity contribution in [3.63, 3.8) is 0 Å². The molecule has 0 radical (unpaired) electrons. The van der Waals surface area contributed by atoms with E-state index in [4.69, 9.17) is 0 Å². The number of hydrogen-bond donors (Lipinski definition) is 0. The zero-order valence-corrected chi connectivity index (χ0v) is 9.12. The standard InChI is InChI=1S/C14H14FN/c1-2-13-8-11-7-12(15)5-6-14(11)16(13)9-10-3-4-10/h2,5-8,10H,1,3-4,9H2. The quantitative estimate of drug-likeness (QED) is 0.733. The molecule has 3 rings (SSSR count). The second-order valence-electron chi connectivity index (χ2n) is 4.53. The zero-order valence-electron chi connectivity index (χ0n) is 9.12. The second kappa shape index (κ2) is 3.48. The van der Waals surface area contributed by atoms with Gasteiger partial charge in [-0.25, -0.2) is 4.39 Å². The van der Waals surface area contributed by atoms with E-state index in [1.165, 1.54) is 18.9 Å². The van der Waals surface area contributed by atoms with Crippen molar-refractivity contribution in [2.45, 2.75) is 19.4 Å². The van der Waals surface area contributed by atoms with Crippen LogP contribution in [0.25, 0.3) is 17.0 Å². The zero-order chi connectivity index (χ0) is 11.1. The minimum Gasteiger partial charge on any atom is -0.341 e. The molecule has 1 saturated carbocycles. The smallest absolute Gasteiger partial charge is 0.123 e. The molecule has 82 valence electrons. The summed E-state index contributed by atoms with van der Waals surface area (Å²) in [5.74, 6) is 0.631. The molecule has 16 heavy (non-hydrogen) atoms. The van der Waals surface area contributed by atoms with Crippen LogP contribution in [-0.2, 0) is 6.54 Å². The number of fused-ring (bicyclic) bond motifs is 1. The number of benzene rings is 1. The van der Waals surface area contributed by atoms with E-state index in [1.807, 2.05) is 18.2 Å². The predicted octanol–water partition coefficient (Wildman–Crippen LogP) is 3.83. The van der Waals surface area contributed by atoms with Gasteiger partial charge in [-0.2, -0.15) is 0 Å². The lowest BCUT2D eigenvalue weighted by Crippen LogP contribution is -2.01. The van der Waals surface area contributed by atoms with Crippen molar-refractivity contribution >= 4 is 17.0 Å². The van der Waals surface area contributed by atoms with E-state index in [0.717, 1.165) is 29.1 Å². The summed E-state index contributed by atoms with van der Waals surface area (Å²) < 4.78 is 15.4. The Morgan fingerprint density at radius 2 is 2.19 bits per heavy atom. The number of rotatable bonds is 3. The Kier molecular flexibility index (Phi) is 2.10. The number of hydrogen-bond acceptors (Lipinski definition) is 0. The summed E-state index contributed by atoms with van der Waals surface area (Å²) in [5.41, 5.74) is 2.20. The van der Waals surface area contributed by atoms with Crippen molar-refractivity contribution in [3.05, 3.63) is 42.4 Å². The summed E-state index contributed by atoms with van der Waals surface area (Å²) in [7, 11) is 0. The van der Waals surface area contributed by atoms with Crippen LogP contribution in [-0.4, -0.2) is 4.57 Å². The highest BCUT2D eigenvalue weighted by atomic mass is 19.1. The van der Waals surface area contributed by atoms with Crippen LogP contribution in [0.5, 0.6) is 0 Å². The van der Waals surface area contributed by atoms with Crippen molar-refractivity contribution in [1.29, 1.82) is 0 Å². The normalized spacial score (nSPS) is 15.6. The lowest BCUT2D eigenvalue weighted by Gasteiger charge is -2.06. The summed E-state index contributed by atoms with van der Waals surface area (Å²) in [6.07, 6.45) is 4.48. The molecule has 0 spiro atoms. The molecule has 0 saturated heterocycles. The van der Waals surface area contributed by atoms with Crippen molar-refractivity contribution < 1.29 is 4.39 Å². The fourth-order valence-electron chi connectivity index (χ4n) is 2.19. The molecule has 1 aliphatic rings. The Morgan fingerprint density at radius 1 is 1.38 bits per heavy atom. The predicted molar refractivity (Wildman–Crippen MR) is 64.7 cm³/mol. The average molecular weight is 215 g/mol. The van der Waals surface area contributed by atoms with Gasteiger partial charge in [0.15, 0.2) is 0 Å². The SMILES string of the molecule is C=Cc1cc2cc(F)ccc2n1CC1CC1. The van der Waals surface area contributed by atoms with Crippen LogP contribution in [0.2, 0.25) is 0 Å². The summed E-state index contributed by atoms with van der Waals surface area (Å²) in [6, 6.07) is 6.98. The highest BCUT2D eigenvalue weighted by Crippen LogP contribution is 2.33. The first-order valence-corrected chi connectivity index (χ1v) is 5.69. The van der Waals surface area contributed by atoms with Crippen LogP contribution < -0.4 is 0 Å². The molecule has 0 amide bonds. The molecule has 1 heterocycles. The Bertz CT molecular complexity index is 549. The van der Waals surface area contributed by atoms with Gasteiger partial charge in [-0.1, -0.05) is 6.58 Å². The average Bonchev–Trinajstić information content (AvgIpc) is 3.01. The van der Waals surface area contributed by atoms with Crippen LogP contribution in [0.3, 0.4) is 0 Å². The van der Waals surface area contributed by atoms with Gasteiger partial charge in [0.05, 0.1) is 0 Å². The fraction of sp³-hybridized carbons (Fsp3) is 0.286. The van der Waals surface area contributed by atoms with E-state index in [-0.39, 0.29) is 5.82 Å². The third kappa shape index (κ3) is 1.54. The van der Waals surface area contributed by atoms with Crippen LogP contribution in [0.1, 0.15) is 18.5 Å².